The van der Waals surface area contributed by atoms with Crippen LogP contribution in [0.2, 0.25) is 0 Å². The van der Waals surface area contributed by atoms with E-state index in [2.05, 4.69) is 11.5 Å². The van der Waals surface area contributed by atoms with Crippen LogP contribution < -0.4 is 5.73 Å². The number of para-hydroxylation sites is 2. The number of imidazole rings is 1. The Morgan fingerprint density at radius 2 is 2.04 bits per heavy atom. The Morgan fingerprint density at radius 3 is 2.79 bits per heavy atom. The van der Waals surface area contributed by atoms with Gasteiger partial charge in [0.25, 0.3) is 5.69 Å². The van der Waals surface area contributed by atoms with Crippen molar-refractivity contribution in [2.45, 2.75) is 32.7 Å². The number of nitro benzene ring substituents is 1. The molecule has 0 aliphatic carbocycles. The molecule has 6 heteroatoms. The van der Waals surface area contributed by atoms with Crippen LogP contribution in [0.4, 0.5) is 11.4 Å². The second kappa shape index (κ2) is 6.70. The average molecular weight is 324 g/mol. The standard InChI is InChI=1S/C18H20N4O2/c1-2-3-8-18-20-15-6-4-5-7-16(15)21(18)12-13-9-10-14(19)17(11-13)22(23)24/h4-7,9-11H,2-3,8,12,19H2,1H3. The van der Waals surface area contributed by atoms with Gasteiger partial charge in [0.05, 0.1) is 16.0 Å². The third-order valence-corrected chi connectivity index (χ3v) is 4.12. The summed E-state index contributed by atoms with van der Waals surface area (Å²) >= 11 is 0. The monoisotopic (exact) mass is 324 g/mol. The van der Waals surface area contributed by atoms with Crippen molar-refractivity contribution >= 4 is 22.4 Å². The fourth-order valence-corrected chi connectivity index (χ4v) is 2.86. The zero-order chi connectivity index (χ0) is 17.1. The first-order valence-corrected chi connectivity index (χ1v) is 8.07. The highest BCUT2D eigenvalue weighted by Gasteiger charge is 2.15. The molecule has 6 nitrogen and oxygen atoms in total. The number of anilines is 1. The second-order valence-corrected chi connectivity index (χ2v) is 5.86. The van der Waals surface area contributed by atoms with Gasteiger partial charge in [0.2, 0.25) is 0 Å². The number of nitrogens with zero attached hydrogens (tertiary/aromatic N) is 3. The molecule has 124 valence electrons. The molecule has 3 aromatic rings. The maximum atomic E-state index is 11.1. The molecule has 1 aromatic heterocycles. The number of benzene rings is 2. The van der Waals surface area contributed by atoms with Crippen molar-refractivity contribution in [3.8, 4) is 0 Å². The van der Waals surface area contributed by atoms with Crippen LogP contribution in [0.15, 0.2) is 42.5 Å². The van der Waals surface area contributed by atoms with E-state index < -0.39 is 4.92 Å². The summed E-state index contributed by atoms with van der Waals surface area (Å²) in [4.78, 5) is 15.4. The molecule has 0 radical (unpaired) electrons. The number of unbranched alkanes of at least 4 members (excludes halogenated alkanes) is 1. The fourth-order valence-electron chi connectivity index (χ4n) is 2.86. The highest BCUT2D eigenvalue weighted by Crippen LogP contribution is 2.25. The van der Waals surface area contributed by atoms with E-state index in [1.807, 2.05) is 30.3 Å². The molecule has 0 aliphatic heterocycles. The highest BCUT2D eigenvalue weighted by molar-refractivity contribution is 5.76. The quantitative estimate of drug-likeness (QED) is 0.423. The Balaban J connectivity index is 2.02. The van der Waals surface area contributed by atoms with Crippen molar-refractivity contribution in [3.05, 3.63) is 64.0 Å². The first-order chi connectivity index (χ1) is 11.6. The van der Waals surface area contributed by atoms with Crippen LogP contribution in [0.5, 0.6) is 0 Å². The lowest BCUT2D eigenvalue weighted by Gasteiger charge is -2.10. The van der Waals surface area contributed by atoms with Gasteiger partial charge in [-0.05, 0) is 30.2 Å². The number of aryl methyl sites for hydroxylation is 1. The van der Waals surface area contributed by atoms with Crippen molar-refractivity contribution < 1.29 is 4.92 Å². The van der Waals surface area contributed by atoms with Crippen LogP contribution in [0.3, 0.4) is 0 Å². The fraction of sp³-hybridized carbons (Fsp3) is 0.278. The summed E-state index contributed by atoms with van der Waals surface area (Å²) in [5.41, 5.74) is 8.67. The van der Waals surface area contributed by atoms with E-state index in [0.29, 0.717) is 6.54 Å². The molecule has 2 N–H and O–H groups in total. The predicted octanol–water partition coefficient (Wildman–Crippen LogP) is 3.92. The summed E-state index contributed by atoms with van der Waals surface area (Å²) in [6, 6.07) is 13.0. The lowest BCUT2D eigenvalue weighted by molar-refractivity contribution is -0.384. The number of nitro groups is 1. The van der Waals surface area contributed by atoms with Crippen LogP contribution in [-0.4, -0.2) is 14.5 Å². The predicted molar refractivity (Wildman–Crippen MR) is 95.0 cm³/mol. The summed E-state index contributed by atoms with van der Waals surface area (Å²) in [6.45, 7) is 2.69. The molecular formula is C18H20N4O2. The lowest BCUT2D eigenvalue weighted by Crippen LogP contribution is -2.06. The zero-order valence-corrected chi connectivity index (χ0v) is 13.6. The summed E-state index contributed by atoms with van der Waals surface area (Å²) in [5.74, 6) is 1.01. The van der Waals surface area contributed by atoms with Crippen LogP contribution >= 0.6 is 0 Å². The van der Waals surface area contributed by atoms with Crippen molar-refractivity contribution in [2.75, 3.05) is 5.73 Å². The Morgan fingerprint density at radius 1 is 1.25 bits per heavy atom. The van der Waals surface area contributed by atoms with Crippen LogP contribution in [0, 0.1) is 10.1 Å². The third-order valence-electron chi connectivity index (χ3n) is 4.12. The molecule has 0 saturated heterocycles. The van der Waals surface area contributed by atoms with Crippen LogP contribution in [0.25, 0.3) is 11.0 Å². The van der Waals surface area contributed by atoms with Gasteiger partial charge in [-0.3, -0.25) is 10.1 Å². The highest BCUT2D eigenvalue weighted by atomic mass is 16.6. The van der Waals surface area contributed by atoms with Gasteiger partial charge < -0.3 is 10.3 Å². The lowest BCUT2D eigenvalue weighted by atomic mass is 10.1. The second-order valence-electron chi connectivity index (χ2n) is 5.86. The average Bonchev–Trinajstić information content (AvgIpc) is 2.92. The number of hydrogen-bond donors (Lipinski definition) is 1. The third kappa shape index (κ3) is 3.08. The topological polar surface area (TPSA) is 87.0 Å². The molecule has 0 bridgehead atoms. The van der Waals surface area contributed by atoms with Crippen molar-refractivity contribution in [3.63, 3.8) is 0 Å². The van der Waals surface area contributed by atoms with Crippen LogP contribution in [0.1, 0.15) is 31.2 Å². The van der Waals surface area contributed by atoms with Gasteiger partial charge in [0.1, 0.15) is 11.5 Å². The molecule has 0 saturated carbocycles. The van der Waals surface area contributed by atoms with E-state index in [9.17, 15) is 10.1 Å². The van der Waals surface area contributed by atoms with E-state index in [-0.39, 0.29) is 11.4 Å². The molecule has 24 heavy (non-hydrogen) atoms. The minimum Gasteiger partial charge on any atom is -0.393 e. The Kier molecular flexibility index (Phi) is 4.46. The molecule has 0 fully saturated rings. The number of nitrogen functional groups attached to an aromatic ring is 1. The van der Waals surface area contributed by atoms with Gasteiger partial charge in [-0.2, -0.15) is 0 Å². The van der Waals surface area contributed by atoms with Crippen molar-refractivity contribution in [1.82, 2.24) is 9.55 Å². The molecular weight excluding hydrogens is 304 g/mol. The molecule has 0 atom stereocenters. The smallest absolute Gasteiger partial charge is 0.292 e. The van der Waals surface area contributed by atoms with Gasteiger partial charge in [0, 0.05) is 19.0 Å². The summed E-state index contributed by atoms with van der Waals surface area (Å²) < 4.78 is 2.14. The van der Waals surface area contributed by atoms with Gasteiger partial charge in [0.15, 0.2) is 0 Å². The molecule has 0 amide bonds. The van der Waals surface area contributed by atoms with E-state index in [1.54, 1.807) is 12.1 Å². The molecule has 0 spiro atoms. The minimum atomic E-state index is -0.442. The van der Waals surface area contributed by atoms with Crippen molar-refractivity contribution in [1.29, 1.82) is 0 Å². The van der Waals surface area contributed by atoms with Gasteiger partial charge in [-0.25, -0.2) is 4.98 Å². The molecule has 3 rings (SSSR count). The normalized spacial score (nSPS) is 11.0. The van der Waals surface area contributed by atoms with Gasteiger partial charge in [-0.1, -0.05) is 31.5 Å². The zero-order valence-electron chi connectivity index (χ0n) is 13.6. The van der Waals surface area contributed by atoms with Gasteiger partial charge >= 0.3 is 0 Å². The van der Waals surface area contributed by atoms with E-state index >= 15 is 0 Å². The molecule has 2 aromatic carbocycles. The number of nitrogens with two attached hydrogens (primary N) is 1. The Hall–Kier alpha value is -2.89. The first kappa shape index (κ1) is 16.0. The summed E-state index contributed by atoms with van der Waals surface area (Å²) in [6.07, 6.45) is 3.05. The SMILES string of the molecule is CCCCc1nc2ccccc2n1Cc1ccc(N)c([N+](=O)[O-])c1. The molecule has 0 aliphatic rings. The van der Waals surface area contributed by atoms with Crippen LogP contribution in [-0.2, 0) is 13.0 Å². The maximum absolute atomic E-state index is 11.1. The number of rotatable bonds is 6. The van der Waals surface area contributed by atoms with E-state index in [4.69, 9.17) is 10.7 Å². The molecule has 0 unspecified atom stereocenters. The Bertz CT molecular complexity index is 886. The molecule has 1 heterocycles. The maximum Gasteiger partial charge on any atom is 0.292 e. The number of aromatic nitrogens is 2. The minimum absolute atomic E-state index is 0.0490. The number of fused-ring (bicyclic) bond motifs is 1. The largest absolute Gasteiger partial charge is 0.393 e. The summed E-state index contributed by atoms with van der Waals surface area (Å²) in [5, 5.41) is 11.1. The van der Waals surface area contributed by atoms with E-state index in [0.717, 1.165) is 41.7 Å². The van der Waals surface area contributed by atoms with E-state index in [1.165, 1.54) is 0 Å². The van der Waals surface area contributed by atoms with Crippen molar-refractivity contribution in [2.24, 2.45) is 0 Å². The first-order valence-electron chi connectivity index (χ1n) is 8.07. The number of hydrogen-bond acceptors (Lipinski definition) is 4. The Labute approximate surface area is 140 Å². The summed E-state index contributed by atoms with van der Waals surface area (Å²) in [7, 11) is 0. The van der Waals surface area contributed by atoms with Gasteiger partial charge in [-0.15, -0.1) is 0 Å².